The van der Waals surface area contributed by atoms with Crippen LogP contribution in [-0.2, 0) is 16.0 Å². The first-order valence-electron chi connectivity index (χ1n) is 6.26. The van der Waals surface area contributed by atoms with Gasteiger partial charge in [0.2, 0.25) is 11.8 Å². The molecule has 2 aromatic rings. The normalized spacial score (nSPS) is 9.67. The van der Waals surface area contributed by atoms with Crippen molar-refractivity contribution < 1.29 is 9.59 Å². The quantitative estimate of drug-likeness (QED) is 0.885. The van der Waals surface area contributed by atoms with Crippen LogP contribution in [0.5, 0.6) is 0 Å². The lowest BCUT2D eigenvalue weighted by atomic mass is 10.2. The Labute approximate surface area is 126 Å². The topological polar surface area (TPSA) is 82.0 Å². The monoisotopic (exact) mass is 299 g/mol. The summed E-state index contributed by atoms with van der Waals surface area (Å²) in [5.41, 5.74) is 1.11. The predicted octanol–water partition coefficient (Wildman–Crippen LogP) is 1.92. The Balaban J connectivity index is 1.76. The second kappa shape index (κ2) is 7.22. The van der Waals surface area contributed by atoms with E-state index in [4.69, 9.17) is 5.26 Å². The first-order valence-corrected chi connectivity index (χ1v) is 7.14. The van der Waals surface area contributed by atoms with E-state index in [2.05, 4.69) is 10.6 Å². The average Bonchev–Trinajstić information content (AvgIpc) is 2.99. The van der Waals surface area contributed by atoms with Gasteiger partial charge in [-0.2, -0.15) is 5.26 Å². The van der Waals surface area contributed by atoms with E-state index < -0.39 is 0 Å². The Morgan fingerprint density at radius 1 is 1.14 bits per heavy atom. The molecule has 0 atom stereocenters. The molecule has 0 aliphatic rings. The Kier molecular flexibility index (Phi) is 5.07. The molecular formula is C15H13N3O2S. The molecule has 0 unspecified atom stereocenters. The van der Waals surface area contributed by atoms with Crippen LogP contribution in [0.3, 0.4) is 0 Å². The molecule has 0 fully saturated rings. The number of thiophene rings is 1. The molecule has 21 heavy (non-hydrogen) atoms. The van der Waals surface area contributed by atoms with Gasteiger partial charge in [-0.05, 0) is 35.7 Å². The molecule has 0 radical (unpaired) electrons. The lowest BCUT2D eigenvalue weighted by Crippen LogP contribution is -2.33. The van der Waals surface area contributed by atoms with Crippen LogP contribution in [0.1, 0.15) is 10.4 Å². The van der Waals surface area contributed by atoms with Gasteiger partial charge in [0, 0.05) is 10.6 Å². The third-order valence-electron chi connectivity index (χ3n) is 2.66. The first kappa shape index (κ1) is 14.8. The van der Waals surface area contributed by atoms with Gasteiger partial charge in [0.15, 0.2) is 0 Å². The molecule has 2 N–H and O–H groups in total. The number of nitrogens with one attached hydrogen (secondary N) is 2. The zero-order chi connectivity index (χ0) is 15.1. The molecule has 0 bridgehead atoms. The van der Waals surface area contributed by atoms with Gasteiger partial charge >= 0.3 is 0 Å². The highest BCUT2D eigenvalue weighted by Crippen LogP contribution is 2.09. The van der Waals surface area contributed by atoms with Crippen molar-refractivity contribution >= 4 is 28.8 Å². The van der Waals surface area contributed by atoms with Crippen LogP contribution >= 0.6 is 11.3 Å². The first-order chi connectivity index (χ1) is 10.2. The van der Waals surface area contributed by atoms with Crippen molar-refractivity contribution in [3.8, 4) is 6.07 Å². The van der Waals surface area contributed by atoms with Crippen molar-refractivity contribution in [3.05, 3.63) is 52.2 Å². The van der Waals surface area contributed by atoms with Gasteiger partial charge in [-0.15, -0.1) is 11.3 Å². The van der Waals surface area contributed by atoms with Crippen LogP contribution in [0, 0.1) is 11.3 Å². The number of carbonyl (C=O) groups is 2. The van der Waals surface area contributed by atoms with Gasteiger partial charge in [0.25, 0.3) is 0 Å². The molecule has 2 amide bonds. The maximum atomic E-state index is 11.7. The molecule has 1 heterocycles. The third kappa shape index (κ3) is 4.75. The summed E-state index contributed by atoms with van der Waals surface area (Å²) in [6.45, 7) is -0.0792. The van der Waals surface area contributed by atoms with E-state index >= 15 is 0 Å². The third-order valence-corrected chi connectivity index (χ3v) is 3.54. The molecule has 0 aliphatic carbocycles. The standard InChI is InChI=1S/C15H13N3O2S/c16-9-11-3-5-12(6-4-11)18-15(20)10-17-14(19)8-13-2-1-7-21-13/h1-7H,8,10H2,(H,17,19)(H,18,20). The van der Waals surface area contributed by atoms with Crippen LogP contribution in [0.2, 0.25) is 0 Å². The number of benzene rings is 1. The molecule has 0 aliphatic heterocycles. The molecule has 0 spiro atoms. The van der Waals surface area contributed by atoms with Crippen LogP contribution in [0.25, 0.3) is 0 Å². The van der Waals surface area contributed by atoms with Gasteiger partial charge in [-0.25, -0.2) is 0 Å². The second-order valence-corrected chi connectivity index (χ2v) is 5.30. The minimum absolute atomic E-state index is 0.0792. The molecular weight excluding hydrogens is 286 g/mol. The summed E-state index contributed by atoms with van der Waals surface area (Å²) in [5, 5.41) is 15.8. The van der Waals surface area contributed by atoms with E-state index in [0.29, 0.717) is 11.3 Å². The summed E-state index contributed by atoms with van der Waals surface area (Å²) in [6, 6.07) is 12.3. The lowest BCUT2D eigenvalue weighted by molar-refractivity contribution is -0.123. The molecule has 106 valence electrons. The minimum atomic E-state index is -0.306. The molecule has 1 aromatic carbocycles. The maximum absolute atomic E-state index is 11.7. The number of amides is 2. The zero-order valence-electron chi connectivity index (χ0n) is 11.1. The highest BCUT2D eigenvalue weighted by Gasteiger charge is 2.07. The lowest BCUT2D eigenvalue weighted by Gasteiger charge is -2.06. The van der Waals surface area contributed by atoms with Crippen LogP contribution in [0.15, 0.2) is 41.8 Å². The van der Waals surface area contributed by atoms with Crippen molar-refractivity contribution in [1.82, 2.24) is 5.32 Å². The van der Waals surface area contributed by atoms with Crippen LogP contribution in [0.4, 0.5) is 5.69 Å². The van der Waals surface area contributed by atoms with E-state index in [9.17, 15) is 9.59 Å². The number of hydrogen-bond acceptors (Lipinski definition) is 4. The SMILES string of the molecule is N#Cc1ccc(NC(=O)CNC(=O)Cc2cccs2)cc1. The van der Waals surface area contributed by atoms with Crippen molar-refractivity contribution in [2.75, 3.05) is 11.9 Å². The van der Waals surface area contributed by atoms with Gasteiger partial charge in [0.05, 0.1) is 24.6 Å². The van der Waals surface area contributed by atoms with Gasteiger partial charge in [0.1, 0.15) is 0 Å². The molecule has 2 rings (SSSR count). The maximum Gasteiger partial charge on any atom is 0.243 e. The van der Waals surface area contributed by atoms with Crippen LogP contribution < -0.4 is 10.6 Å². The van der Waals surface area contributed by atoms with Crippen molar-refractivity contribution in [2.24, 2.45) is 0 Å². The number of anilines is 1. The summed E-state index contributed by atoms with van der Waals surface area (Å²) in [6.07, 6.45) is 0.280. The molecule has 0 saturated carbocycles. The minimum Gasteiger partial charge on any atom is -0.347 e. The Bertz CT molecular complexity index is 657. The summed E-state index contributed by atoms with van der Waals surface area (Å²) in [5.74, 6) is -0.494. The van der Waals surface area contributed by atoms with Crippen LogP contribution in [-0.4, -0.2) is 18.4 Å². The highest BCUT2D eigenvalue weighted by molar-refractivity contribution is 7.10. The van der Waals surface area contributed by atoms with Gasteiger partial charge in [-0.3, -0.25) is 9.59 Å². The van der Waals surface area contributed by atoms with Crippen molar-refractivity contribution in [2.45, 2.75) is 6.42 Å². The highest BCUT2D eigenvalue weighted by atomic mass is 32.1. The number of nitriles is 1. The van der Waals surface area contributed by atoms with Crippen molar-refractivity contribution in [3.63, 3.8) is 0 Å². The van der Waals surface area contributed by atoms with E-state index in [1.165, 1.54) is 11.3 Å². The summed E-state index contributed by atoms with van der Waals surface area (Å²) >= 11 is 1.50. The van der Waals surface area contributed by atoms with E-state index in [-0.39, 0.29) is 24.8 Å². The van der Waals surface area contributed by atoms with E-state index in [1.807, 2.05) is 23.6 Å². The van der Waals surface area contributed by atoms with Gasteiger partial charge in [-0.1, -0.05) is 6.07 Å². The zero-order valence-corrected chi connectivity index (χ0v) is 11.9. The predicted molar refractivity (Wildman–Crippen MR) is 80.8 cm³/mol. The second-order valence-electron chi connectivity index (χ2n) is 4.27. The molecule has 0 saturated heterocycles. The van der Waals surface area contributed by atoms with E-state index in [1.54, 1.807) is 24.3 Å². The Morgan fingerprint density at radius 2 is 1.90 bits per heavy atom. The number of hydrogen-bond donors (Lipinski definition) is 2. The summed E-state index contributed by atoms with van der Waals surface area (Å²) < 4.78 is 0. The number of carbonyl (C=O) groups excluding carboxylic acids is 2. The molecule has 1 aromatic heterocycles. The van der Waals surface area contributed by atoms with Gasteiger partial charge < -0.3 is 10.6 Å². The molecule has 5 nitrogen and oxygen atoms in total. The smallest absolute Gasteiger partial charge is 0.243 e. The van der Waals surface area contributed by atoms with E-state index in [0.717, 1.165) is 4.88 Å². The average molecular weight is 299 g/mol. The fraction of sp³-hybridized carbons (Fsp3) is 0.133. The summed E-state index contributed by atoms with van der Waals surface area (Å²) in [7, 11) is 0. The Hall–Kier alpha value is -2.65. The Morgan fingerprint density at radius 3 is 2.52 bits per heavy atom. The molecule has 6 heteroatoms. The fourth-order valence-corrected chi connectivity index (χ4v) is 2.35. The fourth-order valence-electron chi connectivity index (χ4n) is 1.65. The number of rotatable bonds is 5. The largest absolute Gasteiger partial charge is 0.347 e. The van der Waals surface area contributed by atoms with Crippen molar-refractivity contribution in [1.29, 1.82) is 5.26 Å². The number of nitrogens with zero attached hydrogens (tertiary/aromatic N) is 1. The summed E-state index contributed by atoms with van der Waals surface area (Å²) in [4.78, 5) is 24.3.